The van der Waals surface area contributed by atoms with Crippen molar-refractivity contribution >= 4 is 28.1 Å². The second-order valence-electron chi connectivity index (χ2n) is 4.85. The van der Waals surface area contributed by atoms with E-state index in [-0.39, 0.29) is 0 Å². The van der Waals surface area contributed by atoms with Crippen LogP contribution in [0, 0.1) is 0 Å². The molecule has 0 fully saturated rings. The minimum Gasteiger partial charge on any atom is -0.344 e. The van der Waals surface area contributed by atoms with Crippen LogP contribution >= 0.6 is 11.3 Å². The molecular formula is C17H17N3S. The molecule has 0 saturated heterocycles. The Hall–Kier alpha value is -2.20. The van der Waals surface area contributed by atoms with E-state index in [2.05, 4.69) is 35.6 Å². The van der Waals surface area contributed by atoms with Gasteiger partial charge in [-0.05, 0) is 36.9 Å². The Morgan fingerprint density at radius 1 is 1.24 bits per heavy atom. The van der Waals surface area contributed by atoms with Gasteiger partial charge in [-0.2, -0.15) is 11.3 Å². The van der Waals surface area contributed by atoms with Gasteiger partial charge in [-0.25, -0.2) is 9.97 Å². The molecule has 0 unspecified atom stereocenters. The summed E-state index contributed by atoms with van der Waals surface area (Å²) < 4.78 is 0. The largest absolute Gasteiger partial charge is 0.344 e. The molecule has 0 saturated carbocycles. The van der Waals surface area contributed by atoms with Crippen molar-refractivity contribution < 1.29 is 0 Å². The van der Waals surface area contributed by atoms with Gasteiger partial charge in [-0.1, -0.05) is 25.1 Å². The molecule has 0 radical (unpaired) electrons. The summed E-state index contributed by atoms with van der Waals surface area (Å²) in [7, 11) is 0. The van der Waals surface area contributed by atoms with Crippen LogP contribution < -0.4 is 5.32 Å². The van der Waals surface area contributed by atoms with Crippen LogP contribution in [-0.2, 0) is 0 Å². The Morgan fingerprint density at radius 2 is 2.10 bits per heavy atom. The van der Waals surface area contributed by atoms with Crippen LogP contribution in [0.4, 0.5) is 5.82 Å². The van der Waals surface area contributed by atoms with E-state index >= 15 is 0 Å². The Balaban J connectivity index is 2.14. The SMILES string of the molecule is CC/C=C(\C)Nc1nc(-c2ccsc2)nc2ccccc12. The third kappa shape index (κ3) is 2.95. The summed E-state index contributed by atoms with van der Waals surface area (Å²) >= 11 is 1.66. The molecule has 3 rings (SSSR count). The van der Waals surface area contributed by atoms with Gasteiger partial charge in [0.05, 0.1) is 5.52 Å². The highest BCUT2D eigenvalue weighted by Crippen LogP contribution is 2.26. The predicted molar refractivity (Wildman–Crippen MR) is 90.5 cm³/mol. The molecule has 0 aliphatic carbocycles. The summed E-state index contributed by atoms with van der Waals surface area (Å²) in [5.74, 6) is 1.63. The molecule has 4 heteroatoms. The van der Waals surface area contributed by atoms with Crippen molar-refractivity contribution in [1.82, 2.24) is 9.97 Å². The van der Waals surface area contributed by atoms with E-state index in [1.165, 1.54) is 0 Å². The van der Waals surface area contributed by atoms with E-state index in [9.17, 15) is 0 Å². The summed E-state index contributed by atoms with van der Waals surface area (Å²) in [6, 6.07) is 10.1. The van der Waals surface area contributed by atoms with E-state index in [0.717, 1.165) is 40.2 Å². The van der Waals surface area contributed by atoms with E-state index in [1.54, 1.807) is 11.3 Å². The van der Waals surface area contributed by atoms with Crippen LogP contribution in [0.2, 0.25) is 0 Å². The first-order valence-electron chi connectivity index (χ1n) is 7.01. The van der Waals surface area contributed by atoms with E-state index in [1.807, 2.05) is 35.7 Å². The van der Waals surface area contributed by atoms with Crippen LogP contribution in [0.25, 0.3) is 22.3 Å². The quantitative estimate of drug-likeness (QED) is 0.729. The molecule has 0 amide bonds. The second kappa shape index (κ2) is 6.06. The number of fused-ring (bicyclic) bond motifs is 1. The molecule has 3 nitrogen and oxygen atoms in total. The number of anilines is 1. The van der Waals surface area contributed by atoms with Gasteiger partial charge in [0.25, 0.3) is 0 Å². The fraction of sp³-hybridized carbons (Fsp3) is 0.176. The van der Waals surface area contributed by atoms with E-state index < -0.39 is 0 Å². The highest BCUT2D eigenvalue weighted by atomic mass is 32.1. The number of nitrogens with one attached hydrogen (secondary N) is 1. The zero-order valence-corrected chi connectivity index (χ0v) is 12.9. The summed E-state index contributed by atoms with van der Waals surface area (Å²) in [4.78, 5) is 9.38. The Labute approximate surface area is 128 Å². The first-order chi connectivity index (χ1) is 10.3. The monoisotopic (exact) mass is 295 g/mol. The Morgan fingerprint density at radius 3 is 2.86 bits per heavy atom. The normalized spacial score (nSPS) is 11.8. The molecule has 3 aromatic rings. The van der Waals surface area contributed by atoms with Gasteiger partial charge in [0, 0.05) is 22.0 Å². The molecule has 106 valence electrons. The summed E-state index contributed by atoms with van der Waals surface area (Å²) in [6.07, 6.45) is 3.15. The van der Waals surface area contributed by atoms with E-state index in [4.69, 9.17) is 4.98 Å². The molecule has 0 aliphatic rings. The molecule has 2 aromatic heterocycles. The smallest absolute Gasteiger partial charge is 0.163 e. The van der Waals surface area contributed by atoms with Crippen LogP contribution in [-0.4, -0.2) is 9.97 Å². The lowest BCUT2D eigenvalue weighted by molar-refractivity contribution is 1.16. The molecule has 1 aromatic carbocycles. The predicted octanol–water partition coefficient (Wildman–Crippen LogP) is 5.08. The van der Waals surface area contributed by atoms with Crippen LogP contribution in [0.5, 0.6) is 0 Å². The minimum absolute atomic E-state index is 0.766. The number of rotatable bonds is 4. The second-order valence-corrected chi connectivity index (χ2v) is 5.63. The first kappa shape index (κ1) is 13.8. The fourth-order valence-corrected chi connectivity index (χ4v) is 2.87. The molecule has 1 N–H and O–H groups in total. The lowest BCUT2D eigenvalue weighted by atomic mass is 10.2. The van der Waals surface area contributed by atoms with Gasteiger partial charge in [0.15, 0.2) is 5.82 Å². The zero-order valence-electron chi connectivity index (χ0n) is 12.1. The molecule has 0 spiro atoms. The molecule has 0 atom stereocenters. The number of hydrogen-bond acceptors (Lipinski definition) is 4. The Kier molecular flexibility index (Phi) is 3.97. The highest BCUT2D eigenvalue weighted by molar-refractivity contribution is 7.08. The molecule has 21 heavy (non-hydrogen) atoms. The number of allylic oxidation sites excluding steroid dienone is 2. The van der Waals surface area contributed by atoms with Crippen molar-refractivity contribution in [3.8, 4) is 11.4 Å². The third-order valence-electron chi connectivity index (χ3n) is 3.21. The maximum atomic E-state index is 4.71. The van der Waals surface area contributed by atoms with Crippen molar-refractivity contribution in [3.63, 3.8) is 0 Å². The standard InChI is InChI=1S/C17H17N3S/c1-3-6-12(2)18-17-14-7-4-5-8-15(14)19-16(20-17)13-9-10-21-11-13/h4-11H,3H2,1-2H3,(H,18,19,20)/b12-6+. The average Bonchev–Trinajstić information content (AvgIpc) is 3.01. The zero-order chi connectivity index (χ0) is 14.7. The number of hydrogen-bond donors (Lipinski definition) is 1. The number of aromatic nitrogens is 2. The number of thiophene rings is 1. The van der Waals surface area contributed by atoms with Crippen molar-refractivity contribution in [1.29, 1.82) is 0 Å². The van der Waals surface area contributed by atoms with Gasteiger partial charge >= 0.3 is 0 Å². The van der Waals surface area contributed by atoms with Gasteiger partial charge in [-0.15, -0.1) is 0 Å². The first-order valence-corrected chi connectivity index (χ1v) is 7.95. The Bertz CT molecular complexity index is 776. The lowest BCUT2D eigenvalue weighted by Gasteiger charge is -2.10. The van der Waals surface area contributed by atoms with Crippen molar-refractivity contribution in [3.05, 3.63) is 52.9 Å². The fourth-order valence-electron chi connectivity index (χ4n) is 2.24. The van der Waals surface area contributed by atoms with Crippen LogP contribution in [0.1, 0.15) is 20.3 Å². The third-order valence-corrected chi connectivity index (χ3v) is 3.89. The lowest BCUT2D eigenvalue weighted by Crippen LogP contribution is -2.01. The maximum absolute atomic E-state index is 4.71. The van der Waals surface area contributed by atoms with E-state index in [0.29, 0.717) is 0 Å². The molecule has 0 aliphatic heterocycles. The van der Waals surface area contributed by atoms with Gasteiger partial charge in [0.1, 0.15) is 5.82 Å². The van der Waals surface area contributed by atoms with Crippen LogP contribution in [0.3, 0.4) is 0 Å². The molecule has 0 bridgehead atoms. The highest BCUT2D eigenvalue weighted by Gasteiger charge is 2.09. The average molecular weight is 295 g/mol. The minimum atomic E-state index is 0.766. The van der Waals surface area contributed by atoms with Crippen molar-refractivity contribution in [2.75, 3.05) is 5.32 Å². The number of nitrogens with zero attached hydrogens (tertiary/aromatic N) is 2. The van der Waals surface area contributed by atoms with Gasteiger partial charge < -0.3 is 5.32 Å². The van der Waals surface area contributed by atoms with Crippen molar-refractivity contribution in [2.45, 2.75) is 20.3 Å². The number of benzene rings is 1. The maximum Gasteiger partial charge on any atom is 0.163 e. The van der Waals surface area contributed by atoms with Gasteiger partial charge in [0.2, 0.25) is 0 Å². The van der Waals surface area contributed by atoms with Crippen molar-refractivity contribution in [2.24, 2.45) is 0 Å². The molecule has 2 heterocycles. The summed E-state index contributed by atoms with van der Waals surface area (Å²) in [5.41, 5.74) is 3.13. The number of para-hydroxylation sites is 1. The summed E-state index contributed by atoms with van der Waals surface area (Å²) in [5, 5.41) is 8.56. The van der Waals surface area contributed by atoms with Crippen LogP contribution in [0.15, 0.2) is 52.9 Å². The summed E-state index contributed by atoms with van der Waals surface area (Å²) in [6.45, 7) is 4.19. The van der Waals surface area contributed by atoms with Gasteiger partial charge in [-0.3, -0.25) is 0 Å². The topological polar surface area (TPSA) is 37.8 Å². The molecular weight excluding hydrogens is 278 g/mol.